The number of aryl methyl sites for hydroxylation is 3. The van der Waals surface area contributed by atoms with E-state index in [1.807, 2.05) is 20.9 Å². The molecule has 12 heavy (non-hydrogen) atoms. The van der Waals surface area contributed by atoms with Gasteiger partial charge in [-0.05, 0) is 6.92 Å². The average molecular weight is 168 g/mol. The Balaban J connectivity index is 0.000000561. The van der Waals surface area contributed by atoms with Crippen molar-refractivity contribution in [1.29, 1.82) is 0 Å². The summed E-state index contributed by atoms with van der Waals surface area (Å²) < 4.78 is 4.18. The third kappa shape index (κ3) is 2.61. The molecule has 1 rings (SSSR count). The van der Waals surface area contributed by atoms with E-state index >= 15 is 0 Å². The summed E-state index contributed by atoms with van der Waals surface area (Å²) >= 11 is 0. The Labute approximate surface area is 75.5 Å². The number of hydrogen-bond donors (Lipinski definition) is 0. The molecule has 0 aliphatic heterocycles. The van der Waals surface area contributed by atoms with Crippen LogP contribution in [0.15, 0.2) is 12.5 Å². The number of aromatic nitrogens is 2. The second-order valence-corrected chi connectivity index (χ2v) is 2.79. The monoisotopic (exact) mass is 168 g/mol. The fraction of sp³-hybridized carbons (Fsp3) is 0.600. The molecule has 0 radical (unpaired) electrons. The summed E-state index contributed by atoms with van der Waals surface area (Å²) in [6.45, 7) is 8.24. The van der Waals surface area contributed by atoms with Gasteiger partial charge in [-0.3, -0.25) is 0 Å². The molecule has 0 spiro atoms. The van der Waals surface area contributed by atoms with Crippen LogP contribution >= 0.6 is 0 Å². The maximum Gasteiger partial charge on any atom is 0.406 e. The van der Waals surface area contributed by atoms with Gasteiger partial charge in [0.05, 0.1) is 5.56 Å². The van der Waals surface area contributed by atoms with E-state index in [0.29, 0.717) is 0 Å². The molecule has 0 saturated heterocycles. The average Bonchev–Trinajstić information content (AvgIpc) is 2.04. The van der Waals surface area contributed by atoms with Crippen LogP contribution in [-0.4, -0.2) is 0 Å². The topological polar surface area (TPSA) is 7.76 Å². The molecule has 0 aliphatic carbocycles. The molecule has 0 unspecified atom stereocenters. The second kappa shape index (κ2) is 4.86. The lowest BCUT2D eigenvalue weighted by Gasteiger charge is -1.93. The zero-order valence-corrected chi connectivity index (χ0v) is 9.05. The van der Waals surface area contributed by atoms with Crippen molar-refractivity contribution in [1.82, 2.24) is 0 Å². The van der Waals surface area contributed by atoms with E-state index in [4.69, 9.17) is 0 Å². The van der Waals surface area contributed by atoms with Crippen molar-refractivity contribution < 1.29 is 9.13 Å². The minimum absolute atomic E-state index is 1.32. The largest absolute Gasteiger partial charge is 0.406 e. The number of hydrogen-bond acceptors (Lipinski definition) is 0. The van der Waals surface area contributed by atoms with Crippen LogP contribution in [0, 0.1) is 13.8 Å². The molecule has 1 aromatic rings. The van der Waals surface area contributed by atoms with Crippen LogP contribution in [0.5, 0.6) is 0 Å². The summed E-state index contributed by atoms with van der Waals surface area (Å²) in [7, 11) is 4.09. The van der Waals surface area contributed by atoms with Crippen molar-refractivity contribution in [2.75, 3.05) is 0 Å². The van der Waals surface area contributed by atoms with E-state index in [2.05, 4.69) is 42.6 Å². The molecule has 68 valence electrons. The van der Waals surface area contributed by atoms with E-state index in [1.165, 1.54) is 11.3 Å². The molecule has 0 saturated carbocycles. The standard InChI is InChI=1S/C8H14N2.C2H6/c1-7-5-9(3)6-10(4)8(7)2;1-2/h5-6H,1-4H3;1-2H3/q+2;. The SMILES string of the molecule is CC.Cc1c[n+](C)c[n+](C)c1C. The quantitative estimate of drug-likeness (QED) is 0.510. The van der Waals surface area contributed by atoms with Crippen LogP contribution in [0.1, 0.15) is 25.1 Å². The molecule has 0 bridgehead atoms. The Hall–Kier alpha value is -0.920. The van der Waals surface area contributed by atoms with Crippen LogP contribution in [0.4, 0.5) is 0 Å². The number of rotatable bonds is 0. The van der Waals surface area contributed by atoms with E-state index in [0.717, 1.165) is 0 Å². The van der Waals surface area contributed by atoms with Gasteiger partial charge in [-0.1, -0.05) is 13.8 Å². The molecule has 0 amide bonds. The predicted molar refractivity (Wildman–Crippen MR) is 49.6 cm³/mol. The maximum atomic E-state index is 2.12. The first-order valence-corrected chi connectivity index (χ1v) is 4.43. The van der Waals surface area contributed by atoms with Gasteiger partial charge in [0.15, 0.2) is 11.9 Å². The predicted octanol–water partition coefficient (Wildman–Crippen LogP) is 0.979. The molecular weight excluding hydrogens is 148 g/mol. The summed E-state index contributed by atoms with van der Waals surface area (Å²) in [5, 5.41) is 0. The Bertz CT molecular complexity index is 231. The number of nitrogens with zero attached hydrogens (tertiary/aromatic N) is 2. The Morgan fingerprint density at radius 2 is 1.58 bits per heavy atom. The first-order valence-electron chi connectivity index (χ1n) is 4.43. The molecule has 0 aliphatic rings. The van der Waals surface area contributed by atoms with Crippen molar-refractivity contribution in [2.24, 2.45) is 14.1 Å². The fourth-order valence-electron chi connectivity index (χ4n) is 1.07. The van der Waals surface area contributed by atoms with E-state index < -0.39 is 0 Å². The van der Waals surface area contributed by atoms with Crippen LogP contribution in [0.3, 0.4) is 0 Å². The zero-order chi connectivity index (χ0) is 9.72. The first-order chi connectivity index (χ1) is 5.61. The van der Waals surface area contributed by atoms with Crippen molar-refractivity contribution >= 4 is 0 Å². The summed E-state index contributed by atoms with van der Waals surface area (Å²) in [5.74, 6) is 0. The van der Waals surface area contributed by atoms with Crippen molar-refractivity contribution in [3.8, 4) is 0 Å². The molecule has 1 heterocycles. The third-order valence-electron chi connectivity index (χ3n) is 1.85. The van der Waals surface area contributed by atoms with Gasteiger partial charge in [0.1, 0.15) is 14.1 Å². The van der Waals surface area contributed by atoms with E-state index in [1.54, 1.807) is 0 Å². The van der Waals surface area contributed by atoms with Gasteiger partial charge in [0.2, 0.25) is 0 Å². The van der Waals surface area contributed by atoms with Crippen LogP contribution in [-0.2, 0) is 14.1 Å². The zero-order valence-electron chi connectivity index (χ0n) is 9.05. The van der Waals surface area contributed by atoms with Gasteiger partial charge in [0.25, 0.3) is 0 Å². The molecule has 0 aromatic carbocycles. The van der Waals surface area contributed by atoms with Gasteiger partial charge in [-0.15, -0.1) is 4.57 Å². The summed E-state index contributed by atoms with van der Waals surface area (Å²) in [4.78, 5) is 0. The molecule has 1 aromatic heterocycles. The first kappa shape index (κ1) is 11.1. The highest BCUT2D eigenvalue weighted by Crippen LogP contribution is 1.93. The molecular formula is C10H20N2+2. The lowest BCUT2D eigenvalue weighted by atomic mass is 10.3. The Kier molecular flexibility index (Phi) is 4.49. The molecule has 0 N–H and O–H groups in total. The van der Waals surface area contributed by atoms with Gasteiger partial charge in [-0.2, -0.15) is 4.57 Å². The van der Waals surface area contributed by atoms with Crippen LogP contribution in [0.2, 0.25) is 0 Å². The summed E-state index contributed by atoms with van der Waals surface area (Å²) in [6.07, 6.45) is 4.18. The van der Waals surface area contributed by atoms with Crippen LogP contribution in [0.25, 0.3) is 0 Å². The van der Waals surface area contributed by atoms with Crippen molar-refractivity contribution in [2.45, 2.75) is 27.7 Å². The van der Waals surface area contributed by atoms with E-state index in [-0.39, 0.29) is 0 Å². The highest BCUT2D eigenvalue weighted by molar-refractivity contribution is 5.04. The van der Waals surface area contributed by atoms with Gasteiger partial charge in [-0.25, -0.2) is 0 Å². The fourth-order valence-corrected chi connectivity index (χ4v) is 1.07. The van der Waals surface area contributed by atoms with Crippen molar-refractivity contribution in [3.63, 3.8) is 0 Å². The Morgan fingerprint density at radius 3 is 2.00 bits per heavy atom. The highest BCUT2D eigenvalue weighted by atomic mass is 15.1. The maximum absolute atomic E-state index is 2.12. The smallest absolute Gasteiger partial charge is 0.152 e. The lowest BCUT2D eigenvalue weighted by molar-refractivity contribution is -0.808. The summed E-state index contributed by atoms with van der Waals surface area (Å²) in [5.41, 5.74) is 2.64. The van der Waals surface area contributed by atoms with Crippen molar-refractivity contribution in [3.05, 3.63) is 23.8 Å². The molecule has 2 heteroatoms. The lowest BCUT2D eigenvalue weighted by Crippen LogP contribution is -2.44. The molecule has 2 nitrogen and oxygen atoms in total. The van der Waals surface area contributed by atoms with Gasteiger partial charge >= 0.3 is 6.33 Å². The minimum Gasteiger partial charge on any atom is -0.152 e. The van der Waals surface area contributed by atoms with Gasteiger partial charge in [0, 0.05) is 6.92 Å². The third-order valence-corrected chi connectivity index (χ3v) is 1.85. The Morgan fingerprint density at radius 1 is 1.08 bits per heavy atom. The normalized spacial score (nSPS) is 8.83. The van der Waals surface area contributed by atoms with Crippen LogP contribution < -0.4 is 9.13 Å². The summed E-state index contributed by atoms with van der Waals surface area (Å²) in [6, 6.07) is 0. The van der Waals surface area contributed by atoms with E-state index in [9.17, 15) is 0 Å². The minimum atomic E-state index is 1.32. The van der Waals surface area contributed by atoms with Gasteiger partial charge < -0.3 is 0 Å². The second-order valence-electron chi connectivity index (χ2n) is 2.79. The molecule has 0 fully saturated rings. The highest BCUT2D eigenvalue weighted by Gasteiger charge is 2.09. The molecule has 0 atom stereocenters.